The highest BCUT2D eigenvalue weighted by molar-refractivity contribution is 5.90. The molecule has 3 rings (SSSR count). The van der Waals surface area contributed by atoms with Crippen LogP contribution in [0.5, 0.6) is 0 Å². The van der Waals surface area contributed by atoms with E-state index in [1.165, 1.54) is 6.07 Å². The second-order valence-electron chi connectivity index (χ2n) is 4.77. The standard InChI is InChI=1S/C18H14O4/c1-2-21-18(20)13-9-7-12(8-10-13)17-11-15(19)14-5-3-4-6-16(14)22-17/h3-11H,2H2,1H3. The molecule has 0 radical (unpaired) electrons. The van der Waals surface area contributed by atoms with E-state index in [0.29, 0.717) is 28.9 Å². The molecule has 4 nitrogen and oxygen atoms in total. The van der Waals surface area contributed by atoms with Crippen molar-refractivity contribution in [2.45, 2.75) is 6.92 Å². The molecule has 0 aliphatic carbocycles. The summed E-state index contributed by atoms with van der Waals surface area (Å²) in [5.41, 5.74) is 1.65. The first kappa shape index (κ1) is 14.1. The van der Waals surface area contributed by atoms with E-state index in [1.807, 2.05) is 6.07 Å². The van der Waals surface area contributed by atoms with Crippen molar-refractivity contribution in [2.24, 2.45) is 0 Å². The summed E-state index contributed by atoms with van der Waals surface area (Å²) in [6.07, 6.45) is 0. The number of carbonyl (C=O) groups is 1. The molecule has 0 saturated heterocycles. The fourth-order valence-electron chi connectivity index (χ4n) is 2.23. The number of para-hydroxylation sites is 1. The van der Waals surface area contributed by atoms with Gasteiger partial charge in [-0.2, -0.15) is 0 Å². The molecule has 110 valence electrons. The Morgan fingerprint density at radius 1 is 1.09 bits per heavy atom. The van der Waals surface area contributed by atoms with Crippen LogP contribution in [0.4, 0.5) is 0 Å². The summed E-state index contributed by atoms with van der Waals surface area (Å²) < 4.78 is 10.7. The SMILES string of the molecule is CCOC(=O)c1ccc(-c2cc(=O)c3ccccc3o2)cc1. The minimum atomic E-state index is -0.367. The molecule has 0 fully saturated rings. The fraction of sp³-hybridized carbons (Fsp3) is 0.111. The molecule has 3 aromatic rings. The topological polar surface area (TPSA) is 56.5 Å². The second kappa shape index (κ2) is 5.85. The van der Waals surface area contributed by atoms with E-state index in [-0.39, 0.29) is 11.4 Å². The van der Waals surface area contributed by atoms with Gasteiger partial charge in [-0.3, -0.25) is 4.79 Å². The van der Waals surface area contributed by atoms with Crippen molar-refractivity contribution >= 4 is 16.9 Å². The molecular weight excluding hydrogens is 280 g/mol. The van der Waals surface area contributed by atoms with Gasteiger partial charge in [0.2, 0.25) is 0 Å². The number of hydrogen-bond donors (Lipinski definition) is 0. The molecule has 1 heterocycles. The summed E-state index contributed by atoms with van der Waals surface area (Å²) in [6, 6.07) is 15.3. The predicted octanol–water partition coefficient (Wildman–Crippen LogP) is 3.64. The molecule has 0 aliphatic rings. The van der Waals surface area contributed by atoms with Crippen LogP contribution in [0.3, 0.4) is 0 Å². The molecule has 0 atom stereocenters. The molecule has 0 bridgehead atoms. The maximum Gasteiger partial charge on any atom is 0.338 e. The van der Waals surface area contributed by atoms with Crippen molar-refractivity contribution < 1.29 is 13.9 Å². The van der Waals surface area contributed by atoms with Gasteiger partial charge in [0.25, 0.3) is 0 Å². The summed E-state index contributed by atoms with van der Waals surface area (Å²) in [4.78, 5) is 23.7. The molecule has 0 N–H and O–H groups in total. The summed E-state index contributed by atoms with van der Waals surface area (Å²) in [6.45, 7) is 2.09. The first-order valence-corrected chi connectivity index (χ1v) is 6.99. The van der Waals surface area contributed by atoms with E-state index < -0.39 is 0 Å². The lowest BCUT2D eigenvalue weighted by molar-refractivity contribution is 0.0526. The van der Waals surface area contributed by atoms with Crippen molar-refractivity contribution in [1.82, 2.24) is 0 Å². The van der Waals surface area contributed by atoms with E-state index in [9.17, 15) is 9.59 Å². The maximum atomic E-state index is 12.1. The number of esters is 1. The maximum absolute atomic E-state index is 12.1. The van der Waals surface area contributed by atoms with E-state index in [4.69, 9.17) is 9.15 Å². The highest BCUT2D eigenvalue weighted by atomic mass is 16.5. The molecular formula is C18H14O4. The normalized spacial score (nSPS) is 10.6. The largest absolute Gasteiger partial charge is 0.462 e. The predicted molar refractivity (Wildman–Crippen MR) is 83.9 cm³/mol. The minimum Gasteiger partial charge on any atom is -0.462 e. The Labute approximate surface area is 127 Å². The lowest BCUT2D eigenvalue weighted by Gasteiger charge is -2.05. The van der Waals surface area contributed by atoms with E-state index in [2.05, 4.69) is 0 Å². The van der Waals surface area contributed by atoms with Crippen molar-refractivity contribution in [1.29, 1.82) is 0 Å². The molecule has 0 saturated carbocycles. The van der Waals surface area contributed by atoms with Gasteiger partial charge in [0.15, 0.2) is 5.43 Å². The molecule has 2 aromatic carbocycles. The molecule has 22 heavy (non-hydrogen) atoms. The van der Waals surface area contributed by atoms with E-state index in [0.717, 1.165) is 5.56 Å². The van der Waals surface area contributed by atoms with Crippen molar-refractivity contribution in [2.75, 3.05) is 6.61 Å². The van der Waals surface area contributed by atoms with Crippen LogP contribution in [0.25, 0.3) is 22.3 Å². The summed E-state index contributed by atoms with van der Waals surface area (Å²) in [7, 11) is 0. The Morgan fingerprint density at radius 3 is 2.55 bits per heavy atom. The zero-order valence-electron chi connectivity index (χ0n) is 12.0. The lowest BCUT2D eigenvalue weighted by atomic mass is 10.1. The summed E-state index contributed by atoms with van der Waals surface area (Å²) in [5.74, 6) is 0.105. The third-order valence-corrected chi connectivity index (χ3v) is 3.32. The third kappa shape index (κ3) is 2.63. The van der Waals surface area contributed by atoms with E-state index in [1.54, 1.807) is 49.4 Å². The molecule has 1 aromatic heterocycles. The van der Waals surface area contributed by atoms with Gasteiger partial charge in [-0.05, 0) is 31.2 Å². The van der Waals surface area contributed by atoms with Crippen LogP contribution >= 0.6 is 0 Å². The molecule has 0 amide bonds. The van der Waals surface area contributed by atoms with Crippen LogP contribution in [0.2, 0.25) is 0 Å². The number of ether oxygens (including phenoxy) is 1. The quantitative estimate of drug-likeness (QED) is 0.692. The number of hydrogen-bond acceptors (Lipinski definition) is 4. The van der Waals surface area contributed by atoms with Crippen LogP contribution in [-0.4, -0.2) is 12.6 Å². The molecule has 0 aliphatic heterocycles. The molecule has 0 unspecified atom stereocenters. The monoisotopic (exact) mass is 294 g/mol. The van der Waals surface area contributed by atoms with Crippen LogP contribution in [0.1, 0.15) is 17.3 Å². The number of carbonyl (C=O) groups excluding carboxylic acids is 1. The van der Waals surface area contributed by atoms with Gasteiger partial charge < -0.3 is 9.15 Å². The third-order valence-electron chi connectivity index (χ3n) is 3.32. The lowest BCUT2D eigenvalue weighted by Crippen LogP contribution is -2.04. The van der Waals surface area contributed by atoms with Gasteiger partial charge in [0, 0.05) is 11.6 Å². The van der Waals surface area contributed by atoms with Crippen molar-refractivity contribution in [3.05, 3.63) is 70.4 Å². The first-order valence-electron chi connectivity index (χ1n) is 6.99. The highest BCUT2D eigenvalue weighted by Crippen LogP contribution is 2.22. The van der Waals surface area contributed by atoms with Gasteiger partial charge >= 0.3 is 5.97 Å². The molecule has 0 spiro atoms. The zero-order valence-corrected chi connectivity index (χ0v) is 12.0. The number of benzene rings is 2. The summed E-state index contributed by atoms with van der Waals surface area (Å²) >= 11 is 0. The van der Waals surface area contributed by atoms with Crippen molar-refractivity contribution in [3.63, 3.8) is 0 Å². The second-order valence-corrected chi connectivity index (χ2v) is 4.77. The van der Waals surface area contributed by atoms with Crippen LogP contribution in [0, 0.1) is 0 Å². The Balaban J connectivity index is 2.01. The Morgan fingerprint density at radius 2 is 1.82 bits per heavy atom. The number of rotatable bonds is 3. The minimum absolute atomic E-state index is 0.0914. The summed E-state index contributed by atoms with van der Waals surface area (Å²) in [5, 5.41) is 0.550. The van der Waals surface area contributed by atoms with Gasteiger partial charge in [-0.25, -0.2) is 4.79 Å². The molecule has 4 heteroatoms. The van der Waals surface area contributed by atoms with Gasteiger partial charge in [0.1, 0.15) is 11.3 Å². The Kier molecular flexibility index (Phi) is 3.74. The van der Waals surface area contributed by atoms with Gasteiger partial charge in [-0.1, -0.05) is 24.3 Å². The highest BCUT2D eigenvalue weighted by Gasteiger charge is 2.09. The average molecular weight is 294 g/mol. The smallest absolute Gasteiger partial charge is 0.338 e. The zero-order chi connectivity index (χ0) is 15.5. The first-order chi connectivity index (χ1) is 10.7. The van der Waals surface area contributed by atoms with Crippen LogP contribution in [0.15, 0.2) is 63.8 Å². The van der Waals surface area contributed by atoms with Crippen LogP contribution in [-0.2, 0) is 4.74 Å². The van der Waals surface area contributed by atoms with Crippen LogP contribution < -0.4 is 5.43 Å². The Hall–Kier alpha value is -2.88. The number of fused-ring (bicyclic) bond motifs is 1. The average Bonchev–Trinajstić information content (AvgIpc) is 2.55. The Bertz CT molecular complexity index is 875. The fourth-order valence-corrected chi connectivity index (χ4v) is 2.23. The van der Waals surface area contributed by atoms with Gasteiger partial charge in [-0.15, -0.1) is 0 Å². The van der Waals surface area contributed by atoms with E-state index >= 15 is 0 Å². The van der Waals surface area contributed by atoms with Gasteiger partial charge in [0.05, 0.1) is 17.6 Å². The van der Waals surface area contributed by atoms with Crippen molar-refractivity contribution in [3.8, 4) is 11.3 Å².